The van der Waals surface area contributed by atoms with Gasteiger partial charge >= 0.3 is 0 Å². The van der Waals surface area contributed by atoms with Gasteiger partial charge in [-0.25, -0.2) is 0 Å². The van der Waals surface area contributed by atoms with E-state index in [1.54, 1.807) is 11.3 Å². The highest BCUT2D eigenvalue weighted by Gasteiger charge is 2.10. The first kappa shape index (κ1) is 12.3. The molecule has 0 aliphatic heterocycles. The predicted molar refractivity (Wildman–Crippen MR) is 74.8 cm³/mol. The Bertz CT molecular complexity index is 481. The lowest BCUT2D eigenvalue weighted by Crippen LogP contribution is -1.99. The molecular weight excluding hydrogens is 352 g/mol. The molecule has 2 aromatic rings. The van der Waals surface area contributed by atoms with Gasteiger partial charge in [-0.05, 0) is 45.8 Å². The monoisotopic (exact) mass is 360 g/mol. The molecule has 0 aliphatic rings. The van der Waals surface area contributed by atoms with Crippen LogP contribution in [-0.4, -0.2) is 5.11 Å². The fourth-order valence-corrected chi connectivity index (χ4v) is 3.35. The van der Waals surface area contributed by atoms with Gasteiger partial charge in [0.05, 0.1) is 9.89 Å². The van der Waals surface area contributed by atoms with E-state index in [2.05, 4.69) is 31.9 Å². The molecule has 2 rings (SSSR count). The average Bonchev–Trinajstić information content (AvgIpc) is 2.65. The van der Waals surface area contributed by atoms with Crippen LogP contribution in [0.3, 0.4) is 0 Å². The molecule has 84 valence electrons. The van der Waals surface area contributed by atoms with Crippen LogP contribution in [0.15, 0.2) is 44.7 Å². The molecule has 1 nitrogen and oxygen atoms in total. The second-order valence-electron chi connectivity index (χ2n) is 3.49. The van der Waals surface area contributed by atoms with E-state index in [9.17, 15) is 5.11 Å². The highest BCUT2D eigenvalue weighted by Crippen LogP contribution is 2.29. The Hall–Kier alpha value is -0.160. The number of aliphatic hydroxyl groups is 1. The van der Waals surface area contributed by atoms with Gasteiger partial charge in [-0.3, -0.25) is 0 Å². The minimum atomic E-state index is -0.425. The van der Waals surface area contributed by atoms with E-state index >= 15 is 0 Å². The summed E-state index contributed by atoms with van der Waals surface area (Å²) < 4.78 is 2.10. The quantitative estimate of drug-likeness (QED) is 0.850. The van der Waals surface area contributed by atoms with Crippen LogP contribution in [0.25, 0.3) is 0 Å². The smallest absolute Gasteiger partial charge is 0.0922 e. The maximum Gasteiger partial charge on any atom is 0.0922 e. The lowest BCUT2D eigenvalue weighted by Gasteiger charge is -2.08. The maximum atomic E-state index is 10.1. The maximum absolute atomic E-state index is 10.1. The molecule has 1 aromatic carbocycles. The first-order chi connectivity index (χ1) is 7.65. The summed E-state index contributed by atoms with van der Waals surface area (Å²) >= 11 is 8.40. The zero-order valence-corrected chi connectivity index (χ0v) is 12.3. The summed E-state index contributed by atoms with van der Waals surface area (Å²) in [5, 5.41) is 10.1. The van der Waals surface area contributed by atoms with Crippen molar-refractivity contribution in [3.63, 3.8) is 0 Å². The molecule has 1 heterocycles. The molecule has 0 saturated carbocycles. The third-order valence-electron chi connectivity index (χ3n) is 2.24. The van der Waals surface area contributed by atoms with Crippen LogP contribution < -0.4 is 0 Å². The van der Waals surface area contributed by atoms with E-state index in [0.29, 0.717) is 6.42 Å². The minimum absolute atomic E-state index is 0.425. The van der Waals surface area contributed by atoms with E-state index in [-0.39, 0.29) is 0 Å². The second-order valence-corrected chi connectivity index (χ2v) is 6.90. The fourth-order valence-electron chi connectivity index (χ4n) is 1.50. The number of benzene rings is 1. The van der Waals surface area contributed by atoms with Crippen molar-refractivity contribution in [1.82, 2.24) is 0 Å². The van der Waals surface area contributed by atoms with E-state index in [1.165, 1.54) is 0 Å². The number of hydrogen-bond acceptors (Lipinski definition) is 2. The van der Waals surface area contributed by atoms with Crippen LogP contribution in [0, 0.1) is 0 Å². The van der Waals surface area contributed by atoms with Crippen molar-refractivity contribution in [1.29, 1.82) is 0 Å². The number of aliphatic hydroxyl groups excluding tert-OH is 1. The number of hydrogen-bond donors (Lipinski definition) is 1. The van der Waals surface area contributed by atoms with Crippen LogP contribution in [-0.2, 0) is 6.42 Å². The van der Waals surface area contributed by atoms with E-state index in [1.807, 2.05) is 36.4 Å². The zero-order valence-electron chi connectivity index (χ0n) is 8.36. The molecule has 0 radical (unpaired) electrons. The van der Waals surface area contributed by atoms with Gasteiger partial charge in [0.25, 0.3) is 0 Å². The third kappa shape index (κ3) is 3.17. The molecule has 1 N–H and O–H groups in total. The Kier molecular flexibility index (Phi) is 4.19. The summed E-state index contributed by atoms with van der Waals surface area (Å²) in [7, 11) is 0. The van der Waals surface area contributed by atoms with Gasteiger partial charge in [-0.15, -0.1) is 11.3 Å². The van der Waals surface area contributed by atoms with Gasteiger partial charge in [0.2, 0.25) is 0 Å². The van der Waals surface area contributed by atoms with Gasteiger partial charge in [0.1, 0.15) is 0 Å². The number of thiophene rings is 1. The van der Waals surface area contributed by atoms with Crippen molar-refractivity contribution in [2.24, 2.45) is 0 Å². The van der Waals surface area contributed by atoms with Gasteiger partial charge in [-0.2, -0.15) is 0 Å². The Morgan fingerprint density at radius 1 is 1.19 bits per heavy atom. The molecule has 1 aromatic heterocycles. The lowest BCUT2D eigenvalue weighted by molar-refractivity contribution is 0.182. The number of rotatable bonds is 3. The van der Waals surface area contributed by atoms with Gasteiger partial charge < -0.3 is 5.11 Å². The van der Waals surface area contributed by atoms with Crippen molar-refractivity contribution in [3.05, 3.63) is 55.1 Å². The zero-order chi connectivity index (χ0) is 11.5. The molecule has 0 amide bonds. The van der Waals surface area contributed by atoms with E-state index < -0.39 is 6.10 Å². The van der Waals surface area contributed by atoms with E-state index in [4.69, 9.17) is 0 Å². The summed E-state index contributed by atoms with van der Waals surface area (Å²) in [6.45, 7) is 0. The molecule has 0 bridgehead atoms. The summed E-state index contributed by atoms with van der Waals surface area (Å²) in [6, 6.07) is 11.9. The molecule has 1 atom stereocenters. The second kappa shape index (κ2) is 5.45. The fraction of sp³-hybridized carbons (Fsp3) is 0.167. The first-order valence-electron chi connectivity index (χ1n) is 4.83. The topological polar surface area (TPSA) is 20.2 Å². The van der Waals surface area contributed by atoms with Crippen molar-refractivity contribution < 1.29 is 5.11 Å². The van der Waals surface area contributed by atoms with Gasteiger partial charge in [0.15, 0.2) is 0 Å². The first-order valence-corrected chi connectivity index (χ1v) is 7.23. The van der Waals surface area contributed by atoms with Crippen molar-refractivity contribution in [3.8, 4) is 0 Å². The molecule has 4 heteroatoms. The Morgan fingerprint density at radius 3 is 2.62 bits per heavy atom. The van der Waals surface area contributed by atoms with Crippen LogP contribution in [0.4, 0.5) is 0 Å². The summed E-state index contributed by atoms with van der Waals surface area (Å²) in [6.07, 6.45) is 0.220. The molecular formula is C12H10Br2OS. The van der Waals surface area contributed by atoms with Crippen LogP contribution >= 0.6 is 43.2 Å². The van der Waals surface area contributed by atoms with Crippen molar-refractivity contribution in [2.45, 2.75) is 12.5 Å². The molecule has 1 unspecified atom stereocenters. The molecule has 0 saturated heterocycles. The highest BCUT2D eigenvalue weighted by molar-refractivity contribution is 9.11. The Labute approximate surface area is 115 Å². The lowest BCUT2D eigenvalue weighted by atomic mass is 10.1. The predicted octanol–water partition coefficient (Wildman–Crippen LogP) is 4.55. The normalized spacial score (nSPS) is 12.7. The Balaban J connectivity index is 2.10. The Morgan fingerprint density at radius 2 is 2.00 bits per heavy atom. The average molecular weight is 362 g/mol. The van der Waals surface area contributed by atoms with Crippen molar-refractivity contribution >= 4 is 43.2 Å². The van der Waals surface area contributed by atoms with E-state index in [0.717, 1.165) is 18.7 Å². The van der Waals surface area contributed by atoms with Crippen LogP contribution in [0.2, 0.25) is 0 Å². The molecule has 0 spiro atoms. The summed E-state index contributed by atoms with van der Waals surface area (Å²) in [5.74, 6) is 0. The summed E-state index contributed by atoms with van der Waals surface area (Å²) in [4.78, 5) is 0.992. The molecule has 0 aliphatic carbocycles. The third-order valence-corrected chi connectivity index (χ3v) is 4.46. The number of halogens is 2. The van der Waals surface area contributed by atoms with Crippen LogP contribution in [0.5, 0.6) is 0 Å². The summed E-state index contributed by atoms with van der Waals surface area (Å²) in [5.41, 5.74) is 1.13. The standard InChI is InChI=1S/C12H10Br2OS/c13-9-3-1-2-8(6-9)7-10(15)11-4-5-12(14)16-11/h1-6,10,15H,7H2. The van der Waals surface area contributed by atoms with Crippen molar-refractivity contribution in [2.75, 3.05) is 0 Å². The largest absolute Gasteiger partial charge is 0.387 e. The highest BCUT2D eigenvalue weighted by atomic mass is 79.9. The molecule has 0 fully saturated rings. The SMILES string of the molecule is OC(Cc1cccc(Br)c1)c1ccc(Br)s1. The minimum Gasteiger partial charge on any atom is -0.387 e. The van der Waals surface area contributed by atoms with Gasteiger partial charge in [0, 0.05) is 15.8 Å². The molecule has 16 heavy (non-hydrogen) atoms. The van der Waals surface area contributed by atoms with Gasteiger partial charge in [-0.1, -0.05) is 28.1 Å². The van der Waals surface area contributed by atoms with Crippen LogP contribution in [0.1, 0.15) is 16.5 Å².